The summed E-state index contributed by atoms with van der Waals surface area (Å²) in [7, 11) is 0. The molecule has 2 amide bonds. The Bertz CT molecular complexity index is 621. The smallest absolute Gasteiger partial charge is 0.315 e. The molecule has 0 bridgehead atoms. The number of hydrogen-bond acceptors (Lipinski definition) is 2. The summed E-state index contributed by atoms with van der Waals surface area (Å²) in [6.45, 7) is 6.65. The number of urea groups is 1. The van der Waals surface area contributed by atoms with E-state index in [-0.39, 0.29) is 23.6 Å². The number of benzene rings is 1. The van der Waals surface area contributed by atoms with Crippen molar-refractivity contribution in [3.05, 3.63) is 35.4 Å². The molecule has 2 fully saturated rings. The van der Waals surface area contributed by atoms with Crippen molar-refractivity contribution >= 4 is 6.03 Å². The Morgan fingerprint density at radius 3 is 2.78 bits per heavy atom. The minimum Gasteiger partial charge on any atom is -0.377 e. The van der Waals surface area contributed by atoms with Crippen LogP contribution in [-0.4, -0.2) is 24.8 Å². The monoisotopic (exact) mass is 324 g/mol. The first kappa shape index (κ1) is 16.2. The summed E-state index contributed by atoms with van der Waals surface area (Å²) in [4.78, 5) is 12.2. The number of ether oxygens (including phenoxy) is 1. The first-order valence-electron chi connectivity index (χ1n) is 7.94. The molecule has 1 aliphatic carbocycles. The van der Waals surface area contributed by atoms with Crippen molar-refractivity contribution in [3.8, 4) is 0 Å². The maximum Gasteiger partial charge on any atom is 0.315 e. The summed E-state index contributed by atoms with van der Waals surface area (Å²) in [6, 6.07) is 2.99. The van der Waals surface area contributed by atoms with Crippen LogP contribution in [0.3, 0.4) is 0 Å². The first-order chi connectivity index (χ1) is 10.8. The van der Waals surface area contributed by atoms with Crippen molar-refractivity contribution < 1.29 is 18.3 Å². The van der Waals surface area contributed by atoms with Gasteiger partial charge in [-0.25, -0.2) is 13.6 Å². The van der Waals surface area contributed by atoms with E-state index in [0.29, 0.717) is 11.5 Å². The maximum absolute atomic E-state index is 13.3. The molecule has 2 aliphatic rings. The summed E-state index contributed by atoms with van der Waals surface area (Å²) < 4.78 is 32.0. The fourth-order valence-electron chi connectivity index (χ4n) is 3.86. The average Bonchev–Trinajstić information content (AvgIpc) is 2.94. The summed E-state index contributed by atoms with van der Waals surface area (Å²) in [5.41, 5.74) is 0.429. The van der Waals surface area contributed by atoms with Crippen LogP contribution < -0.4 is 10.6 Å². The van der Waals surface area contributed by atoms with Crippen molar-refractivity contribution in [2.45, 2.75) is 45.4 Å². The van der Waals surface area contributed by atoms with Crippen molar-refractivity contribution in [3.63, 3.8) is 0 Å². The van der Waals surface area contributed by atoms with E-state index in [1.54, 1.807) is 6.92 Å². The second-order valence-corrected chi connectivity index (χ2v) is 7.06. The highest BCUT2D eigenvalue weighted by Gasteiger charge is 2.59. The van der Waals surface area contributed by atoms with Gasteiger partial charge in [-0.2, -0.15) is 0 Å². The summed E-state index contributed by atoms with van der Waals surface area (Å²) in [5.74, 6) is -1.45. The van der Waals surface area contributed by atoms with E-state index < -0.39 is 17.7 Å². The minimum absolute atomic E-state index is 0.0622. The van der Waals surface area contributed by atoms with Gasteiger partial charge < -0.3 is 15.4 Å². The number of amides is 2. The third-order valence-electron chi connectivity index (χ3n) is 5.18. The molecule has 0 radical (unpaired) electrons. The van der Waals surface area contributed by atoms with E-state index in [4.69, 9.17) is 4.74 Å². The normalized spacial score (nSPS) is 29.3. The number of nitrogens with one attached hydrogen (secondary N) is 2. The Morgan fingerprint density at radius 2 is 2.09 bits per heavy atom. The van der Waals surface area contributed by atoms with Crippen LogP contribution >= 0.6 is 0 Å². The summed E-state index contributed by atoms with van der Waals surface area (Å²) in [5, 5.41) is 5.79. The van der Waals surface area contributed by atoms with Crippen LogP contribution in [0.15, 0.2) is 18.2 Å². The van der Waals surface area contributed by atoms with Gasteiger partial charge in [0.05, 0.1) is 12.1 Å². The Labute approximate surface area is 134 Å². The lowest BCUT2D eigenvalue weighted by atomic mass is 9.57. The number of carbonyl (C=O) groups is 1. The molecule has 4 unspecified atom stereocenters. The lowest BCUT2D eigenvalue weighted by Crippen LogP contribution is -2.67. The Morgan fingerprint density at radius 1 is 1.35 bits per heavy atom. The third kappa shape index (κ3) is 2.80. The molecule has 1 heterocycles. The summed E-state index contributed by atoms with van der Waals surface area (Å²) in [6.07, 6.45) is 1.16. The first-order valence-corrected chi connectivity index (χ1v) is 7.94. The van der Waals surface area contributed by atoms with Crippen molar-refractivity contribution in [1.82, 2.24) is 10.6 Å². The zero-order valence-electron chi connectivity index (χ0n) is 13.5. The van der Waals surface area contributed by atoms with E-state index in [1.807, 2.05) is 0 Å². The predicted molar refractivity (Wildman–Crippen MR) is 81.9 cm³/mol. The van der Waals surface area contributed by atoms with Gasteiger partial charge in [-0.3, -0.25) is 0 Å². The molecule has 126 valence electrons. The zero-order chi connectivity index (χ0) is 16.8. The van der Waals surface area contributed by atoms with Crippen LogP contribution in [0.4, 0.5) is 13.6 Å². The molecule has 4 nitrogen and oxygen atoms in total. The van der Waals surface area contributed by atoms with Crippen molar-refractivity contribution in [1.29, 1.82) is 0 Å². The second kappa shape index (κ2) is 5.74. The number of halogens is 2. The fourth-order valence-corrected chi connectivity index (χ4v) is 3.86. The largest absolute Gasteiger partial charge is 0.377 e. The van der Waals surface area contributed by atoms with E-state index in [9.17, 15) is 13.6 Å². The van der Waals surface area contributed by atoms with E-state index >= 15 is 0 Å². The molecule has 6 heteroatoms. The number of hydrogen-bond donors (Lipinski definition) is 2. The van der Waals surface area contributed by atoms with Gasteiger partial charge in [0.25, 0.3) is 0 Å². The molecular weight excluding hydrogens is 302 g/mol. The average molecular weight is 324 g/mol. The molecule has 2 N–H and O–H groups in total. The van der Waals surface area contributed by atoms with Crippen LogP contribution in [-0.2, 0) is 4.74 Å². The quantitative estimate of drug-likeness (QED) is 0.897. The van der Waals surface area contributed by atoms with Gasteiger partial charge >= 0.3 is 6.03 Å². The SMILES string of the molecule is CC(NC(=O)NC1C2CCOC2C1(C)C)c1ccc(F)c(F)c1. The molecule has 1 aromatic rings. The van der Waals surface area contributed by atoms with Crippen LogP contribution in [0.25, 0.3) is 0 Å². The molecule has 1 saturated heterocycles. The summed E-state index contributed by atoms with van der Waals surface area (Å²) >= 11 is 0. The Hall–Kier alpha value is -1.69. The van der Waals surface area contributed by atoms with Gasteiger partial charge in [0.1, 0.15) is 0 Å². The highest BCUT2D eigenvalue weighted by Crippen LogP contribution is 2.52. The number of rotatable bonds is 3. The Balaban J connectivity index is 1.60. The van der Waals surface area contributed by atoms with E-state index in [1.165, 1.54) is 6.07 Å². The lowest BCUT2D eigenvalue weighted by molar-refractivity contribution is -0.108. The highest BCUT2D eigenvalue weighted by atomic mass is 19.2. The number of fused-ring (bicyclic) bond motifs is 1. The molecule has 23 heavy (non-hydrogen) atoms. The minimum atomic E-state index is -0.914. The van der Waals surface area contributed by atoms with Crippen LogP contribution in [0.1, 0.15) is 38.8 Å². The molecule has 0 aromatic heterocycles. The predicted octanol–water partition coefficient (Wildman–Crippen LogP) is 3.14. The van der Waals surface area contributed by atoms with Gasteiger partial charge in [0, 0.05) is 24.0 Å². The fraction of sp³-hybridized carbons (Fsp3) is 0.588. The van der Waals surface area contributed by atoms with E-state index in [0.717, 1.165) is 25.2 Å². The van der Waals surface area contributed by atoms with Gasteiger partial charge in [0.2, 0.25) is 0 Å². The topological polar surface area (TPSA) is 50.4 Å². The van der Waals surface area contributed by atoms with Crippen LogP contribution in [0.2, 0.25) is 0 Å². The molecular formula is C17H22F2N2O2. The molecule has 1 saturated carbocycles. The molecule has 4 atom stereocenters. The van der Waals surface area contributed by atoms with Crippen LogP contribution in [0, 0.1) is 23.0 Å². The van der Waals surface area contributed by atoms with Gasteiger partial charge in [-0.1, -0.05) is 19.9 Å². The third-order valence-corrected chi connectivity index (χ3v) is 5.18. The van der Waals surface area contributed by atoms with Gasteiger partial charge in [-0.05, 0) is 31.0 Å². The molecule has 1 aromatic carbocycles. The number of carbonyl (C=O) groups excluding carboxylic acids is 1. The lowest BCUT2D eigenvalue weighted by Gasteiger charge is -2.54. The van der Waals surface area contributed by atoms with Gasteiger partial charge in [-0.15, -0.1) is 0 Å². The maximum atomic E-state index is 13.3. The van der Waals surface area contributed by atoms with Crippen molar-refractivity contribution in [2.24, 2.45) is 11.3 Å². The van der Waals surface area contributed by atoms with Gasteiger partial charge in [0.15, 0.2) is 11.6 Å². The van der Waals surface area contributed by atoms with Crippen molar-refractivity contribution in [2.75, 3.05) is 6.61 Å². The molecule has 1 aliphatic heterocycles. The zero-order valence-corrected chi connectivity index (χ0v) is 13.5. The second-order valence-electron chi connectivity index (χ2n) is 7.06. The molecule has 3 rings (SSSR count). The van der Waals surface area contributed by atoms with E-state index in [2.05, 4.69) is 24.5 Å². The Kier molecular flexibility index (Phi) is 4.04. The standard InChI is InChI=1S/C17H22F2N2O2/c1-9(10-4-5-12(18)13(19)8-10)20-16(22)21-14-11-6-7-23-15(11)17(14,2)3/h4-5,8-9,11,14-15H,6-7H2,1-3H3,(H2,20,21,22). The highest BCUT2D eigenvalue weighted by molar-refractivity contribution is 5.75. The molecule has 0 spiro atoms. The van der Waals surface area contributed by atoms with Crippen LogP contribution in [0.5, 0.6) is 0 Å².